The Labute approximate surface area is 116 Å². The van der Waals surface area contributed by atoms with E-state index in [1.54, 1.807) is 31.3 Å². The van der Waals surface area contributed by atoms with E-state index in [2.05, 4.69) is 4.98 Å². The van der Waals surface area contributed by atoms with Crippen molar-refractivity contribution < 1.29 is 9.66 Å². The van der Waals surface area contributed by atoms with Gasteiger partial charge in [-0.15, -0.1) is 0 Å². The molecular weight excluding hydrogens is 258 g/mol. The van der Waals surface area contributed by atoms with Crippen LogP contribution in [0.15, 0.2) is 36.5 Å². The zero-order chi connectivity index (χ0) is 14.7. The minimum atomic E-state index is -0.423. The average Bonchev–Trinajstić information content (AvgIpc) is 2.38. The molecule has 6 nitrogen and oxygen atoms in total. The van der Waals surface area contributed by atoms with Crippen LogP contribution in [0.3, 0.4) is 0 Å². The number of aryl methyl sites for hydroxylation is 1. The second kappa shape index (κ2) is 5.66. The molecule has 0 saturated heterocycles. The normalized spacial score (nSPS) is 11.9. The van der Waals surface area contributed by atoms with Crippen molar-refractivity contribution in [2.75, 3.05) is 0 Å². The van der Waals surface area contributed by atoms with Gasteiger partial charge in [0.25, 0.3) is 5.69 Å². The molecule has 1 aromatic heterocycles. The molecule has 0 aliphatic rings. The highest BCUT2D eigenvalue weighted by molar-refractivity contribution is 5.45. The molecular formula is C14H15N3O3. The van der Waals surface area contributed by atoms with Gasteiger partial charge in [0.15, 0.2) is 0 Å². The van der Waals surface area contributed by atoms with Crippen LogP contribution in [0.4, 0.5) is 5.69 Å². The number of nitro benzene ring substituents is 1. The molecule has 0 bridgehead atoms. The number of nitrogens with two attached hydrogens (primary N) is 1. The summed E-state index contributed by atoms with van der Waals surface area (Å²) in [5, 5.41) is 10.8. The monoisotopic (exact) mass is 273 g/mol. The summed E-state index contributed by atoms with van der Waals surface area (Å²) in [7, 11) is 0. The maximum Gasteiger partial charge on any atom is 0.272 e. The Morgan fingerprint density at radius 3 is 2.75 bits per heavy atom. The summed E-state index contributed by atoms with van der Waals surface area (Å²) >= 11 is 0. The number of pyridine rings is 1. The smallest absolute Gasteiger partial charge is 0.272 e. The van der Waals surface area contributed by atoms with E-state index in [1.165, 1.54) is 6.07 Å². The maximum atomic E-state index is 10.8. The molecule has 0 aliphatic heterocycles. The molecule has 1 atom stereocenters. The van der Waals surface area contributed by atoms with Crippen LogP contribution in [-0.2, 0) is 0 Å². The number of nitro groups is 1. The molecule has 0 saturated carbocycles. The van der Waals surface area contributed by atoms with Gasteiger partial charge in [-0.3, -0.25) is 10.1 Å². The van der Waals surface area contributed by atoms with Gasteiger partial charge in [-0.05, 0) is 32.0 Å². The topological polar surface area (TPSA) is 91.3 Å². The fourth-order valence-electron chi connectivity index (χ4n) is 1.84. The lowest BCUT2D eigenvalue weighted by atomic mass is 10.1. The number of aromatic nitrogens is 1. The van der Waals surface area contributed by atoms with Crippen molar-refractivity contribution in [2.45, 2.75) is 19.9 Å². The molecule has 0 aliphatic carbocycles. The number of nitrogens with zero attached hydrogens (tertiary/aromatic N) is 2. The van der Waals surface area contributed by atoms with E-state index in [9.17, 15) is 10.1 Å². The van der Waals surface area contributed by atoms with E-state index >= 15 is 0 Å². The van der Waals surface area contributed by atoms with Crippen LogP contribution in [0.5, 0.6) is 11.6 Å². The molecule has 0 spiro atoms. The van der Waals surface area contributed by atoms with Gasteiger partial charge in [-0.25, -0.2) is 4.98 Å². The Kier molecular flexibility index (Phi) is 3.95. The van der Waals surface area contributed by atoms with Crippen LogP contribution in [0.2, 0.25) is 0 Å². The fraction of sp³-hybridized carbons (Fsp3) is 0.214. The highest BCUT2D eigenvalue weighted by Gasteiger charge is 2.13. The molecule has 0 radical (unpaired) electrons. The van der Waals surface area contributed by atoms with Crippen molar-refractivity contribution in [3.63, 3.8) is 0 Å². The van der Waals surface area contributed by atoms with Crippen LogP contribution < -0.4 is 10.5 Å². The number of hydrogen-bond donors (Lipinski definition) is 1. The van der Waals surface area contributed by atoms with Crippen LogP contribution in [0, 0.1) is 17.0 Å². The minimum absolute atomic E-state index is 0.0609. The molecule has 0 amide bonds. The lowest BCUT2D eigenvalue weighted by Crippen LogP contribution is -2.07. The molecule has 2 aromatic rings. The zero-order valence-electron chi connectivity index (χ0n) is 11.2. The van der Waals surface area contributed by atoms with Gasteiger partial charge in [0.1, 0.15) is 5.75 Å². The third-order valence-corrected chi connectivity index (χ3v) is 2.87. The van der Waals surface area contributed by atoms with Crippen molar-refractivity contribution in [3.8, 4) is 11.6 Å². The van der Waals surface area contributed by atoms with Gasteiger partial charge >= 0.3 is 0 Å². The lowest BCUT2D eigenvalue weighted by Gasteiger charge is -2.12. The lowest BCUT2D eigenvalue weighted by molar-refractivity contribution is -0.385. The number of rotatable bonds is 4. The molecule has 20 heavy (non-hydrogen) atoms. The van der Waals surface area contributed by atoms with E-state index in [1.807, 2.05) is 13.0 Å². The first-order valence-electron chi connectivity index (χ1n) is 6.12. The predicted molar refractivity (Wildman–Crippen MR) is 74.7 cm³/mol. The van der Waals surface area contributed by atoms with Gasteiger partial charge in [-0.1, -0.05) is 6.07 Å². The van der Waals surface area contributed by atoms with Gasteiger partial charge in [0, 0.05) is 29.4 Å². The molecule has 1 heterocycles. The zero-order valence-corrected chi connectivity index (χ0v) is 11.2. The van der Waals surface area contributed by atoms with Gasteiger partial charge in [-0.2, -0.15) is 0 Å². The molecule has 6 heteroatoms. The highest BCUT2D eigenvalue weighted by Crippen LogP contribution is 2.29. The first kappa shape index (κ1) is 14.0. The summed E-state index contributed by atoms with van der Waals surface area (Å²) < 4.78 is 5.67. The van der Waals surface area contributed by atoms with E-state index in [-0.39, 0.29) is 11.7 Å². The highest BCUT2D eigenvalue weighted by atomic mass is 16.6. The first-order valence-corrected chi connectivity index (χ1v) is 6.12. The number of ether oxygens (including phenoxy) is 1. The summed E-state index contributed by atoms with van der Waals surface area (Å²) in [5.41, 5.74) is 7.23. The molecule has 2 N–H and O–H groups in total. The average molecular weight is 273 g/mol. The Bertz CT molecular complexity index is 641. The minimum Gasteiger partial charge on any atom is -0.439 e. The predicted octanol–water partition coefficient (Wildman–Crippen LogP) is 3.11. The molecule has 2 rings (SSSR count). The first-order chi connectivity index (χ1) is 9.49. The van der Waals surface area contributed by atoms with Gasteiger partial charge in [0.05, 0.1) is 4.92 Å². The third-order valence-electron chi connectivity index (χ3n) is 2.87. The quantitative estimate of drug-likeness (QED) is 0.682. The SMILES string of the molecule is Cc1cc(Oc2ncccc2[C@@H](C)N)ccc1[N+](=O)[O-]. The van der Waals surface area contributed by atoms with Crippen molar-refractivity contribution in [2.24, 2.45) is 5.73 Å². The summed E-state index contributed by atoms with van der Waals surface area (Å²) in [6, 6.07) is 7.98. The molecule has 1 aromatic carbocycles. The summed E-state index contributed by atoms with van der Waals surface area (Å²) in [6.07, 6.45) is 1.61. The summed E-state index contributed by atoms with van der Waals surface area (Å²) in [6.45, 7) is 3.50. The third kappa shape index (κ3) is 2.92. The van der Waals surface area contributed by atoms with E-state index in [0.29, 0.717) is 17.2 Å². The Balaban J connectivity index is 2.31. The van der Waals surface area contributed by atoms with Gasteiger partial charge in [0.2, 0.25) is 5.88 Å². The van der Waals surface area contributed by atoms with Crippen LogP contribution >= 0.6 is 0 Å². The van der Waals surface area contributed by atoms with Gasteiger partial charge < -0.3 is 10.5 Å². The van der Waals surface area contributed by atoms with Crippen LogP contribution in [-0.4, -0.2) is 9.91 Å². The summed E-state index contributed by atoms with van der Waals surface area (Å²) in [5.74, 6) is 0.907. The standard InChI is InChI=1S/C14H15N3O3/c1-9-8-11(5-6-13(9)17(18)19)20-14-12(10(2)15)4-3-7-16-14/h3-8,10H,15H2,1-2H3/t10-/m1/s1. The molecule has 0 unspecified atom stereocenters. The maximum absolute atomic E-state index is 10.8. The van der Waals surface area contributed by atoms with Crippen LogP contribution in [0.25, 0.3) is 0 Å². The molecule has 0 fully saturated rings. The van der Waals surface area contributed by atoms with Crippen LogP contribution in [0.1, 0.15) is 24.1 Å². The largest absolute Gasteiger partial charge is 0.439 e. The van der Waals surface area contributed by atoms with E-state index in [4.69, 9.17) is 10.5 Å². The summed E-state index contributed by atoms with van der Waals surface area (Å²) in [4.78, 5) is 14.5. The Hall–Kier alpha value is -2.47. The Morgan fingerprint density at radius 1 is 1.40 bits per heavy atom. The molecule has 104 valence electrons. The second-order valence-corrected chi connectivity index (χ2v) is 4.49. The number of hydrogen-bond acceptors (Lipinski definition) is 5. The van der Waals surface area contributed by atoms with Crippen molar-refractivity contribution in [3.05, 3.63) is 57.8 Å². The second-order valence-electron chi connectivity index (χ2n) is 4.49. The van der Waals surface area contributed by atoms with Crippen molar-refractivity contribution in [1.29, 1.82) is 0 Å². The van der Waals surface area contributed by atoms with Crippen molar-refractivity contribution >= 4 is 5.69 Å². The van der Waals surface area contributed by atoms with E-state index < -0.39 is 4.92 Å². The van der Waals surface area contributed by atoms with E-state index in [0.717, 1.165) is 5.56 Å². The van der Waals surface area contributed by atoms with Crippen molar-refractivity contribution in [1.82, 2.24) is 4.98 Å². The number of benzene rings is 1. The fourth-order valence-corrected chi connectivity index (χ4v) is 1.84. The Morgan fingerprint density at radius 2 is 2.15 bits per heavy atom.